The van der Waals surface area contributed by atoms with E-state index < -0.39 is 0 Å². The van der Waals surface area contributed by atoms with Crippen molar-refractivity contribution in [3.05, 3.63) is 59.9 Å². The van der Waals surface area contributed by atoms with Gasteiger partial charge in [0.15, 0.2) is 0 Å². The fourth-order valence-corrected chi connectivity index (χ4v) is 1.86. The molecule has 0 aliphatic carbocycles. The van der Waals surface area contributed by atoms with Crippen LogP contribution in [0.2, 0.25) is 0 Å². The Morgan fingerprint density at radius 2 is 1.85 bits per heavy atom. The van der Waals surface area contributed by atoms with Crippen LogP contribution >= 0.6 is 0 Å². The molecule has 0 aliphatic rings. The van der Waals surface area contributed by atoms with Crippen molar-refractivity contribution in [3.8, 4) is 0 Å². The number of rotatable bonds is 3. The summed E-state index contributed by atoms with van der Waals surface area (Å²) in [7, 11) is 0. The summed E-state index contributed by atoms with van der Waals surface area (Å²) in [5.41, 5.74) is 1.70. The molecule has 102 valence electrons. The molecule has 0 bridgehead atoms. The van der Waals surface area contributed by atoms with Gasteiger partial charge in [0, 0.05) is 11.3 Å². The van der Waals surface area contributed by atoms with Crippen LogP contribution < -0.4 is 4.90 Å². The van der Waals surface area contributed by atoms with E-state index in [9.17, 15) is 9.18 Å². The van der Waals surface area contributed by atoms with Gasteiger partial charge in [0.05, 0.1) is 5.69 Å². The molecule has 0 unspecified atom stereocenters. The number of benzene rings is 2. The summed E-state index contributed by atoms with van der Waals surface area (Å²) in [6.07, 6.45) is 0.697. The van der Waals surface area contributed by atoms with Gasteiger partial charge in [-0.25, -0.2) is 9.38 Å². The standard InChI is InChI=1S/C16H15FN2O/c1-12-15(17)9-6-10-16(12)18-13(2)19(11-20)14-7-4-3-5-8-14/h3-11H,1-2H3/b18-13-. The number of halogens is 1. The summed E-state index contributed by atoms with van der Waals surface area (Å²) >= 11 is 0. The van der Waals surface area contributed by atoms with Crippen LogP contribution in [0.25, 0.3) is 0 Å². The van der Waals surface area contributed by atoms with Gasteiger partial charge in [0.2, 0.25) is 6.41 Å². The van der Waals surface area contributed by atoms with Crippen molar-refractivity contribution in [2.24, 2.45) is 4.99 Å². The van der Waals surface area contributed by atoms with E-state index in [1.807, 2.05) is 30.3 Å². The van der Waals surface area contributed by atoms with Crippen LogP contribution in [0.3, 0.4) is 0 Å². The van der Waals surface area contributed by atoms with Crippen molar-refractivity contribution in [1.29, 1.82) is 0 Å². The first-order chi connectivity index (χ1) is 9.63. The minimum absolute atomic E-state index is 0.309. The number of aliphatic imine (C=N–C) groups is 1. The maximum atomic E-state index is 13.5. The zero-order chi connectivity index (χ0) is 14.5. The number of nitrogens with zero attached hydrogens (tertiary/aromatic N) is 2. The van der Waals surface area contributed by atoms with E-state index in [0.717, 1.165) is 5.69 Å². The maximum Gasteiger partial charge on any atom is 0.219 e. The van der Waals surface area contributed by atoms with Gasteiger partial charge in [-0.05, 0) is 38.1 Å². The van der Waals surface area contributed by atoms with Gasteiger partial charge in [-0.3, -0.25) is 9.69 Å². The number of anilines is 1. The second kappa shape index (κ2) is 6.10. The predicted octanol–water partition coefficient (Wildman–Crippen LogP) is 3.85. The summed E-state index contributed by atoms with van der Waals surface area (Å²) in [5.74, 6) is 0.177. The lowest BCUT2D eigenvalue weighted by molar-refractivity contribution is -0.106. The van der Waals surface area contributed by atoms with Crippen molar-refractivity contribution >= 4 is 23.6 Å². The van der Waals surface area contributed by atoms with Crippen LogP contribution in [0.1, 0.15) is 12.5 Å². The number of hydrogen-bond acceptors (Lipinski definition) is 2. The lowest BCUT2D eigenvalue weighted by Crippen LogP contribution is -2.26. The first kappa shape index (κ1) is 13.9. The molecule has 2 aromatic rings. The minimum Gasteiger partial charge on any atom is -0.278 e. The van der Waals surface area contributed by atoms with Gasteiger partial charge in [-0.2, -0.15) is 0 Å². The molecule has 1 amide bonds. The molecule has 0 atom stereocenters. The molecule has 20 heavy (non-hydrogen) atoms. The highest BCUT2D eigenvalue weighted by atomic mass is 19.1. The Morgan fingerprint density at radius 1 is 1.15 bits per heavy atom. The number of amidine groups is 1. The first-order valence-electron chi connectivity index (χ1n) is 6.23. The zero-order valence-corrected chi connectivity index (χ0v) is 11.4. The van der Waals surface area contributed by atoms with E-state index in [-0.39, 0.29) is 5.82 Å². The minimum atomic E-state index is -0.309. The summed E-state index contributed by atoms with van der Waals surface area (Å²) in [5, 5.41) is 0. The monoisotopic (exact) mass is 270 g/mol. The number of hydrogen-bond donors (Lipinski definition) is 0. The van der Waals surface area contributed by atoms with E-state index in [0.29, 0.717) is 23.5 Å². The smallest absolute Gasteiger partial charge is 0.219 e. The van der Waals surface area contributed by atoms with E-state index >= 15 is 0 Å². The average Bonchev–Trinajstić information content (AvgIpc) is 2.46. The molecular weight excluding hydrogens is 255 g/mol. The van der Waals surface area contributed by atoms with E-state index in [4.69, 9.17) is 0 Å². The summed E-state index contributed by atoms with van der Waals surface area (Å²) in [4.78, 5) is 17.0. The van der Waals surface area contributed by atoms with Crippen LogP contribution in [0.4, 0.5) is 15.8 Å². The van der Waals surface area contributed by atoms with Gasteiger partial charge in [-0.15, -0.1) is 0 Å². The molecule has 0 radical (unpaired) electrons. The highest BCUT2D eigenvalue weighted by molar-refractivity contribution is 6.09. The Kier molecular flexibility index (Phi) is 4.25. The molecule has 2 aromatic carbocycles. The molecule has 0 spiro atoms. The molecule has 2 rings (SSSR count). The van der Waals surface area contributed by atoms with Crippen LogP contribution in [-0.4, -0.2) is 12.2 Å². The van der Waals surface area contributed by atoms with Gasteiger partial charge in [0.1, 0.15) is 11.7 Å². The number of amides is 1. The quantitative estimate of drug-likeness (QED) is 0.473. The van der Waals surface area contributed by atoms with E-state index in [1.165, 1.54) is 11.0 Å². The van der Waals surface area contributed by atoms with Crippen LogP contribution in [0.15, 0.2) is 53.5 Å². The van der Waals surface area contributed by atoms with Gasteiger partial charge < -0.3 is 0 Å². The third-order valence-corrected chi connectivity index (χ3v) is 3.01. The second-order valence-electron chi connectivity index (χ2n) is 4.35. The van der Waals surface area contributed by atoms with Crippen molar-refractivity contribution in [2.45, 2.75) is 13.8 Å². The zero-order valence-electron chi connectivity index (χ0n) is 11.4. The highest BCUT2D eigenvalue weighted by Crippen LogP contribution is 2.22. The Bertz CT molecular complexity index is 638. The highest BCUT2D eigenvalue weighted by Gasteiger charge is 2.09. The lowest BCUT2D eigenvalue weighted by Gasteiger charge is -2.17. The van der Waals surface area contributed by atoms with Crippen molar-refractivity contribution in [2.75, 3.05) is 4.90 Å². The Hall–Kier alpha value is -2.49. The van der Waals surface area contributed by atoms with E-state index in [1.54, 1.807) is 26.0 Å². The Morgan fingerprint density at radius 3 is 2.50 bits per heavy atom. The normalized spacial score (nSPS) is 11.2. The SMILES string of the molecule is C/C(=N/c1cccc(F)c1C)N(C=O)c1ccccc1. The molecular formula is C16H15FN2O. The van der Waals surface area contributed by atoms with Gasteiger partial charge >= 0.3 is 0 Å². The number of para-hydroxylation sites is 1. The molecule has 0 fully saturated rings. The largest absolute Gasteiger partial charge is 0.278 e. The Labute approximate surface area is 117 Å². The van der Waals surface area contributed by atoms with Crippen LogP contribution in [0.5, 0.6) is 0 Å². The summed E-state index contributed by atoms with van der Waals surface area (Å²) in [6, 6.07) is 13.9. The molecule has 0 saturated carbocycles. The average molecular weight is 270 g/mol. The molecule has 0 aromatic heterocycles. The maximum absolute atomic E-state index is 13.5. The molecule has 0 heterocycles. The molecule has 0 saturated heterocycles. The predicted molar refractivity (Wildman–Crippen MR) is 78.9 cm³/mol. The van der Waals surface area contributed by atoms with Gasteiger partial charge in [-0.1, -0.05) is 24.3 Å². The van der Waals surface area contributed by atoms with Crippen molar-refractivity contribution < 1.29 is 9.18 Å². The van der Waals surface area contributed by atoms with E-state index in [2.05, 4.69) is 4.99 Å². The topological polar surface area (TPSA) is 32.7 Å². The number of carbonyl (C=O) groups excluding carboxylic acids is 1. The molecule has 0 N–H and O–H groups in total. The first-order valence-corrected chi connectivity index (χ1v) is 6.23. The van der Waals surface area contributed by atoms with Crippen molar-refractivity contribution in [3.63, 3.8) is 0 Å². The molecule has 3 nitrogen and oxygen atoms in total. The third kappa shape index (κ3) is 2.91. The lowest BCUT2D eigenvalue weighted by atomic mass is 10.2. The Balaban J connectivity index is 2.38. The molecule has 0 aliphatic heterocycles. The van der Waals surface area contributed by atoms with Gasteiger partial charge in [0.25, 0.3) is 0 Å². The fourth-order valence-electron chi connectivity index (χ4n) is 1.86. The summed E-state index contributed by atoms with van der Waals surface area (Å²) in [6.45, 7) is 3.38. The summed E-state index contributed by atoms with van der Waals surface area (Å²) < 4.78 is 13.5. The fraction of sp³-hybridized carbons (Fsp3) is 0.125. The van der Waals surface area contributed by atoms with Crippen molar-refractivity contribution in [1.82, 2.24) is 0 Å². The second-order valence-corrected chi connectivity index (χ2v) is 4.35. The molecule has 4 heteroatoms. The third-order valence-electron chi connectivity index (χ3n) is 3.01. The van der Waals surface area contributed by atoms with Crippen LogP contribution in [-0.2, 0) is 4.79 Å². The van der Waals surface area contributed by atoms with Crippen LogP contribution in [0, 0.1) is 12.7 Å². The number of carbonyl (C=O) groups is 1.